The second-order valence-electron chi connectivity index (χ2n) is 19.3. The van der Waals surface area contributed by atoms with E-state index in [0.717, 1.165) is 51.4 Å². The molecule has 22 nitrogen and oxygen atoms in total. The Labute approximate surface area is 455 Å². The number of para-hydroxylation sites is 4. The minimum absolute atomic E-state index is 0.0930. The molecule has 0 aliphatic rings. The van der Waals surface area contributed by atoms with E-state index in [-0.39, 0.29) is 39.4 Å². The molecule has 2 unspecified atom stereocenters. The number of esters is 2. The maximum absolute atomic E-state index is 14.0. The average molecular weight is 1090 g/mol. The molecule has 78 heavy (non-hydrogen) atoms. The Morgan fingerprint density at radius 1 is 0.500 bits per heavy atom. The topological polar surface area (TPSA) is 220 Å². The van der Waals surface area contributed by atoms with Gasteiger partial charge in [0.25, 0.3) is 11.1 Å². The second kappa shape index (κ2) is 30.1. The Morgan fingerprint density at radius 3 is 1.21 bits per heavy atom. The maximum atomic E-state index is 14.0. The largest absolute Gasteiger partial charge is 0.490 e. The molecule has 0 fully saturated rings. The predicted molar refractivity (Wildman–Crippen MR) is 297 cm³/mol. The molecule has 0 N–H and O–H groups in total. The number of rotatable bonds is 34. The SMILES string of the molecule is CCCCCCOc1ccccc1OCC(CN(C)CCn1cnc2c1c(=O)n(CC)c(=O)n2CC)OC(=O)C(=O)OC(COc1ccccc1OCCCCCC)CN(C)CCn1cnc2c1c(=O)n(CC)c(=O)n2CC. The van der Waals surface area contributed by atoms with Gasteiger partial charge in [-0.05, 0) is 78.9 Å². The van der Waals surface area contributed by atoms with Gasteiger partial charge in [0.2, 0.25) is 0 Å². The smallest absolute Gasteiger partial charge is 0.417 e. The monoisotopic (exact) mass is 1080 g/mol. The number of aryl methyl sites for hydroxylation is 2. The molecule has 4 heterocycles. The Hall–Kier alpha value is -7.20. The molecule has 4 aromatic heterocycles. The highest BCUT2D eigenvalue weighted by molar-refractivity contribution is 6.29. The normalized spacial score (nSPS) is 12.4. The number of aromatic nitrogens is 8. The third-order valence-corrected chi connectivity index (χ3v) is 13.5. The summed E-state index contributed by atoms with van der Waals surface area (Å²) in [6, 6.07) is 14.4. The predicted octanol–water partition coefficient (Wildman–Crippen LogP) is 5.58. The molecule has 6 rings (SSSR count). The summed E-state index contributed by atoms with van der Waals surface area (Å²) in [5.74, 6) is -0.584. The number of imidazole rings is 2. The lowest BCUT2D eigenvalue weighted by Crippen LogP contribution is -2.42. The Morgan fingerprint density at radius 2 is 0.859 bits per heavy atom. The highest BCUT2D eigenvalue weighted by atomic mass is 16.6. The number of hydrogen-bond acceptors (Lipinski definition) is 16. The lowest BCUT2D eigenvalue weighted by atomic mass is 10.2. The molecule has 0 saturated carbocycles. The quantitative estimate of drug-likeness (QED) is 0.0274. The van der Waals surface area contributed by atoms with Gasteiger partial charge in [-0.1, -0.05) is 76.6 Å². The molecular formula is C56H80N10O12. The van der Waals surface area contributed by atoms with Crippen LogP contribution in [-0.2, 0) is 58.3 Å². The van der Waals surface area contributed by atoms with E-state index in [1.54, 1.807) is 35.1 Å². The fraction of sp³-hybridized carbons (Fsp3) is 0.571. The number of nitrogens with zero attached hydrogens (tertiary/aromatic N) is 10. The van der Waals surface area contributed by atoms with Gasteiger partial charge in [0.05, 0.1) is 25.9 Å². The van der Waals surface area contributed by atoms with Gasteiger partial charge in [0.15, 0.2) is 45.3 Å². The van der Waals surface area contributed by atoms with Crippen LogP contribution >= 0.6 is 0 Å². The molecule has 0 radical (unpaired) electrons. The molecular weight excluding hydrogens is 1000 g/mol. The zero-order chi connectivity index (χ0) is 56.1. The van der Waals surface area contributed by atoms with Gasteiger partial charge in [-0.25, -0.2) is 29.1 Å². The molecule has 2 atom stereocenters. The summed E-state index contributed by atoms with van der Waals surface area (Å²) in [5, 5.41) is 0. The average Bonchev–Trinajstić information content (AvgIpc) is 4.07. The van der Waals surface area contributed by atoms with E-state index in [1.165, 1.54) is 30.9 Å². The molecule has 0 aliphatic carbocycles. The van der Waals surface area contributed by atoms with Gasteiger partial charge in [0, 0.05) is 65.4 Å². The van der Waals surface area contributed by atoms with Crippen LogP contribution in [0.2, 0.25) is 0 Å². The van der Waals surface area contributed by atoms with Gasteiger partial charge < -0.3 is 47.4 Å². The first-order valence-electron chi connectivity index (χ1n) is 27.6. The van der Waals surface area contributed by atoms with Crippen molar-refractivity contribution in [3.05, 3.63) is 103 Å². The first-order chi connectivity index (χ1) is 37.8. The molecule has 0 bridgehead atoms. The van der Waals surface area contributed by atoms with Crippen LogP contribution in [0.1, 0.15) is 92.9 Å². The highest BCUT2D eigenvalue weighted by Crippen LogP contribution is 2.28. The minimum Gasteiger partial charge on any atom is -0.490 e. The first-order valence-corrected chi connectivity index (χ1v) is 27.6. The van der Waals surface area contributed by atoms with Gasteiger partial charge >= 0.3 is 23.3 Å². The molecule has 6 aromatic rings. The summed E-state index contributed by atoms with van der Waals surface area (Å²) in [6.07, 6.45) is 9.23. The van der Waals surface area contributed by atoms with E-state index in [4.69, 9.17) is 28.4 Å². The van der Waals surface area contributed by atoms with Crippen molar-refractivity contribution in [2.24, 2.45) is 0 Å². The number of likely N-dealkylation sites (N-methyl/N-ethyl adjacent to an activating group) is 2. The zero-order valence-corrected chi connectivity index (χ0v) is 46.9. The third-order valence-electron chi connectivity index (χ3n) is 13.5. The Kier molecular flexibility index (Phi) is 23.2. The summed E-state index contributed by atoms with van der Waals surface area (Å²) in [4.78, 5) is 93.8. The molecule has 0 amide bonds. The van der Waals surface area contributed by atoms with Crippen LogP contribution in [0.4, 0.5) is 0 Å². The second-order valence-corrected chi connectivity index (χ2v) is 19.3. The van der Waals surface area contributed by atoms with Crippen molar-refractivity contribution in [1.29, 1.82) is 0 Å². The molecule has 0 spiro atoms. The summed E-state index contributed by atoms with van der Waals surface area (Å²) < 4.78 is 45.4. The van der Waals surface area contributed by atoms with Gasteiger partial charge in [0.1, 0.15) is 25.4 Å². The van der Waals surface area contributed by atoms with Crippen molar-refractivity contribution in [3.8, 4) is 23.0 Å². The summed E-state index contributed by atoms with van der Waals surface area (Å²) in [6.45, 7) is 14.6. The summed E-state index contributed by atoms with van der Waals surface area (Å²) >= 11 is 0. The van der Waals surface area contributed by atoms with E-state index < -0.39 is 46.6 Å². The van der Waals surface area contributed by atoms with E-state index >= 15 is 0 Å². The minimum atomic E-state index is -1.25. The fourth-order valence-corrected chi connectivity index (χ4v) is 9.19. The fourth-order valence-electron chi connectivity index (χ4n) is 9.19. The first kappa shape index (κ1) is 60.0. The van der Waals surface area contributed by atoms with Crippen LogP contribution in [0.3, 0.4) is 0 Å². The summed E-state index contributed by atoms with van der Waals surface area (Å²) in [7, 11) is 3.62. The lowest BCUT2D eigenvalue weighted by molar-refractivity contribution is -0.176. The number of carbonyl (C=O) groups is 2. The van der Waals surface area contributed by atoms with Crippen LogP contribution in [0.25, 0.3) is 22.3 Å². The molecule has 0 saturated heterocycles. The Balaban J connectivity index is 1.20. The number of ether oxygens (including phenoxy) is 6. The van der Waals surface area contributed by atoms with E-state index in [2.05, 4.69) is 23.8 Å². The van der Waals surface area contributed by atoms with E-state index in [9.17, 15) is 28.8 Å². The number of hydrogen-bond donors (Lipinski definition) is 0. The van der Waals surface area contributed by atoms with Crippen LogP contribution in [-0.4, -0.2) is 138 Å². The standard InChI is InChI=1S/C56H80N10O12/c1-9-15-17-23-33-73-43-25-19-21-27-45(43)75-37-41(35-59(7)29-31-61-39-57-49-47(61)51(67)65(13-5)55(71)63(49)11-3)77-53(69)54(70)78-42(38-76-46-28-22-20-26-44(46)74-34-24-18-16-10-2)36-60(8)30-32-62-40-58-50-48(62)52(68)66(14-6)56(72)64(50)12-4/h19-22,25-28,39-42H,9-18,23-24,29-38H2,1-8H3. The van der Waals surface area contributed by atoms with Gasteiger partial charge in [-0.15, -0.1) is 0 Å². The zero-order valence-electron chi connectivity index (χ0n) is 46.9. The van der Waals surface area contributed by atoms with Crippen LogP contribution in [0, 0.1) is 0 Å². The van der Waals surface area contributed by atoms with Crippen molar-refractivity contribution in [3.63, 3.8) is 0 Å². The lowest BCUT2D eigenvalue weighted by Gasteiger charge is -2.26. The van der Waals surface area contributed by atoms with E-state index in [1.807, 2.05) is 74.1 Å². The molecule has 0 aliphatic heterocycles. The number of unbranched alkanes of at least 4 members (excludes halogenated alkanes) is 6. The van der Waals surface area contributed by atoms with Crippen molar-refractivity contribution in [2.45, 2.75) is 144 Å². The van der Waals surface area contributed by atoms with E-state index in [0.29, 0.717) is 97.8 Å². The van der Waals surface area contributed by atoms with Crippen LogP contribution in [0.5, 0.6) is 23.0 Å². The number of carbonyl (C=O) groups excluding carboxylic acids is 2. The maximum Gasteiger partial charge on any atom is 0.417 e. The van der Waals surface area contributed by atoms with Crippen LogP contribution < -0.4 is 41.4 Å². The molecule has 426 valence electrons. The number of benzene rings is 2. The molecule has 2 aromatic carbocycles. The van der Waals surface area contributed by atoms with Crippen molar-refractivity contribution >= 4 is 34.3 Å². The van der Waals surface area contributed by atoms with Crippen molar-refractivity contribution in [1.82, 2.24) is 47.2 Å². The Bertz CT molecular complexity index is 2930. The number of fused-ring (bicyclic) bond motifs is 2. The molecule has 22 heteroatoms. The van der Waals surface area contributed by atoms with Crippen molar-refractivity contribution < 1.29 is 38.0 Å². The van der Waals surface area contributed by atoms with Gasteiger partial charge in [-0.2, -0.15) is 0 Å². The summed E-state index contributed by atoms with van der Waals surface area (Å²) in [5.41, 5.74) is -0.507. The third kappa shape index (κ3) is 15.5. The van der Waals surface area contributed by atoms with Crippen LogP contribution in [0.15, 0.2) is 80.4 Å². The van der Waals surface area contributed by atoms with Crippen molar-refractivity contribution in [2.75, 3.05) is 66.7 Å². The highest BCUT2D eigenvalue weighted by Gasteiger charge is 2.29. The van der Waals surface area contributed by atoms with Gasteiger partial charge in [-0.3, -0.25) is 27.9 Å².